The average molecular weight is 451 g/mol. The minimum absolute atomic E-state index is 0.106. The van der Waals surface area contributed by atoms with Crippen molar-refractivity contribution in [1.29, 1.82) is 0 Å². The van der Waals surface area contributed by atoms with Crippen molar-refractivity contribution in [3.63, 3.8) is 0 Å². The lowest BCUT2D eigenvalue weighted by molar-refractivity contribution is -0.0371. The summed E-state index contributed by atoms with van der Waals surface area (Å²) in [4.78, 5) is 0. The lowest BCUT2D eigenvalue weighted by Gasteiger charge is -2.44. The summed E-state index contributed by atoms with van der Waals surface area (Å²) in [5, 5.41) is 20.8. The van der Waals surface area contributed by atoms with Gasteiger partial charge in [0, 0.05) is 12.8 Å². The summed E-state index contributed by atoms with van der Waals surface area (Å²) in [6, 6.07) is 5.47. The summed E-state index contributed by atoms with van der Waals surface area (Å²) in [5.41, 5.74) is 0.888. The molecule has 2 N–H and O–H groups in total. The average Bonchev–Trinajstić information content (AvgIpc) is 2.91. The van der Waals surface area contributed by atoms with Crippen molar-refractivity contribution in [1.82, 2.24) is 0 Å². The number of aliphatic hydroxyl groups excluding tert-OH is 2. The van der Waals surface area contributed by atoms with Gasteiger partial charge in [0.2, 0.25) is 0 Å². The van der Waals surface area contributed by atoms with Crippen LogP contribution in [0.4, 0.5) is 0 Å². The van der Waals surface area contributed by atoms with E-state index in [1.54, 1.807) is 6.07 Å². The molecule has 1 saturated heterocycles. The van der Waals surface area contributed by atoms with E-state index in [1.807, 2.05) is 12.1 Å². The predicted octanol–water partition coefficient (Wildman–Crippen LogP) is 6.20. The number of hydrogen-bond donors (Lipinski definition) is 2. The van der Waals surface area contributed by atoms with Gasteiger partial charge in [-0.2, -0.15) is 0 Å². The van der Waals surface area contributed by atoms with Crippen LogP contribution in [0.2, 0.25) is 5.02 Å². The van der Waals surface area contributed by atoms with Gasteiger partial charge < -0.3 is 19.7 Å². The molecule has 5 heteroatoms. The van der Waals surface area contributed by atoms with Crippen LogP contribution < -0.4 is 4.74 Å². The fourth-order valence-electron chi connectivity index (χ4n) is 5.65. The van der Waals surface area contributed by atoms with E-state index in [2.05, 4.69) is 27.4 Å². The third-order valence-electron chi connectivity index (χ3n) is 7.62. The molecule has 0 amide bonds. The summed E-state index contributed by atoms with van der Waals surface area (Å²) < 4.78 is 12.0. The van der Waals surface area contributed by atoms with Crippen molar-refractivity contribution in [2.45, 2.75) is 71.5 Å². The maximum atomic E-state index is 10.9. The predicted molar refractivity (Wildman–Crippen MR) is 126 cm³/mol. The topological polar surface area (TPSA) is 58.9 Å². The van der Waals surface area contributed by atoms with Gasteiger partial charge in [-0.3, -0.25) is 0 Å². The van der Waals surface area contributed by atoms with Crippen LogP contribution in [0.5, 0.6) is 5.75 Å². The van der Waals surface area contributed by atoms with E-state index in [0.29, 0.717) is 54.1 Å². The summed E-state index contributed by atoms with van der Waals surface area (Å²) in [7, 11) is 0. The monoisotopic (exact) mass is 450 g/mol. The molecule has 2 aliphatic rings. The molecule has 31 heavy (non-hydrogen) atoms. The second-order valence-electron chi connectivity index (χ2n) is 9.84. The first kappa shape index (κ1) is 24.4. The summed E-state index contributed by atoms with van der Waals surface area (Å²) in [6.45, 7) is 11.5. The molecule has 4 nitrogen and oxygen atoms in total. The fourth-order valence-corrected chi connectivity index (χ4v) is 5.91. The second kappa shape index (κ2) is 11.1. The normalized spacial score (nSPS) is 30.7. The molecule has 3 rings (SSSR count). The van der Waals surface area contributed by atoms with Crippen LogP contribution in [0.3, 0.4) is 0 Å². The molecule has 1 aliphatic carbocycles. The van der Waals surface area contributed by atoms with Crippen molar-refractivity contribution in [2.24, 2.45) is 29.6 Å². The Hall–Kier alpha value is -1.23. The zero-order chi connectivity index (χ0) is 22.5. The van der Waals surface area contributed by atoms with Gasteiger partial charge in [-0.1, -0.05) is 44.5 Å². The standard InChI is InChI=1S/C26H39ClO4/c1-16-5-8-22(23-15-31-18(3)6-9-21(16)23)19(4)25(29)11-12-30-26-10-7-20(13-17(2)28)14-24(26)27/h7,10,14,16,18-19,21-23,25,28-29H,2,5-6,8-9,11-13,15H2,1,3-4H3/t16-,18?,19-,21+,22+,23?,25-/m1/s1. The third kappa shape index (κ3) is 6.40. The molecule has 7 atom stereocenters. The first-order valence-corrected chi connectivity index (χ1v) is 12.2. The highest BCUT2D eigenvalue weighted by Gasteiger charge is 2.42. The molecule has 1 aromatic rings. The molecular weight excluding hydrogens is 412 g/mol. The Morgan fingerprint density at radius 1 is 1.23 bits per heavy atom. The highest BCUT2D eigenvalue weighted by atomic mass is 35.5. The molecule has 2 fully saturated rings. The van der Waals surface area contributed by atoms with Crippen LogP contribution >= 0.6 is 11.6 Å². The van der Waals surface area contributed by atoms with Gasteiger partial charge in [-0.25, -0.2) is 0 Å². The van der Waals surface area contributed by atoms with Crippen molar-refractivity contribution < 1.29 is 19.7 Å². The second-order valence-corrected chi connectivity index (χ2v) is 10.2. The van der Waals surface area contributed by atoms with Crippen molar-refractivity contribution in [3.8, 4) is 5.75 Å². The van der Waals surface area contributed by atoms with Gasteiger partial charge in [-0.05, 0) is 73.5 Å². The van der Waals surface area contributed by atoms with E-state index in [0.717, 1.165) is 24.5 Å². The molecule has 0 bridgehead atoms. The Kier molecular flexibility index (Phi) is 8.72. The maximum absolute atomic E-state index is 10.9. The van der Waals surface area contributed by atoms with E-state index >= 15 is 0 Å². The van der Waals surface area contributed by atoms with E-state index in [9.17, 15) is 10.2 Å². The number of aliphatic hydroxyl groups is 2. The summed E-state index contributed by atoms with van der Waals surface area (Å²) >= 11 is 6.32. The highest BCUT2D eigenvalue weighted by molar-refractivity contribution is 6.32. The first-order chi connectivity index (χ1) is 14.8. The summed E-state index contributed by atoms with van der Waals surface area (Å²) in [6.07, 6.45) is 5.70. The van der Waals surface area contributed by atoms with Gasteiger partial charge in [0.15, 0.2) is 0 Å². The number of ether oxygens (including phenoxy) is 2. The lowest BCUT2D eigenvalue weighted by atomic mass is 9.62. The van der Waals surface area contributed by atoms with Crippen LogP contribution in [-0.4, -0.2) is 35.6 Å². The minimum atomic E-state index is -0.407. The molecular formula is C26H39ClO4. The Bertz CT molecular complexity index is 736. The number of benzene rings is 1. The molecule has 0 spiro atoms. The largest absolute Gasteiger partial charge is 0.513 e. The zero-order valence-electron chi connectivity index (χ0n) is 19.2. The highest BCUT2D eigenvalue weighted by Crippen LogP contribution is 2.46. The number of allylic oxidation sites excluding steroid dienone is 1. The molecule has 1 aliphatic heterocycles. The Morgan fingerprint density at radius 2 is 2.00 bits per heavy atom. The first-order valence-electron chi connectivity index (χ1n) is 11.8. The van der Waals surface area contributed by atoms with Crippen LogP contribution in [-0.2, 0) is 11.2 Å². The van der Waals surface area contributed by atoms with Gasteiger partial charge in [0.25, 0.3) is 0 Å². The fraction of sp³-hybridized carbons (Fsp3) is 0.692. The Labute approximate surface area is 192 Å². The number of rotatable bonds is 8. The summed E-state index contributed by atoms with van der Waals surface area (Å²) in [5.74, 6) is 3.42. The van der Waals surface area contributed by atoms with E-state index in [1.165, 1.54) is 19.3 Å². The lowest BCUT2D eigenvalue weighted by Crippen LogP contribution is -2.41. The van der Waals surface area contributed by atoms with Crippen molar-refractivity contribution >= 4 is 11.6 Å². The Balaban J connectivity index is 1.54. The van der Waals surface area contributed by atoms with Crippen LogP contribution in [0.15, 0.2) is 30.5 Å². The maximum Gasteiger partial charge on any atom is 0.137 e. The van der Waals surface area contributed by atoms with Crippen LogP contribution in [0.25, 0.3) is 0 Å². The van der Waals surface area contributed by atoms with E-state index < -0.39 is 6.10 Å². The molecule has 1 heterocycles. The third-order valence-corrected chi connectivity index (χ3v) is 7.92. The molecule has 174 valence electrons. The van der Waals surface area contributed by atoms with E-state index in [4.69, 9.17) is 21.1 Å². The van der Waals surface area contributed by atoms with Gasteiger partial charge in [0.1, 0.15) is 5.75 Å². The van der Waals surface area contributed by atoms with Crippen LogP contribution in [0.1, 0.15) is 58.4 Å². The van der Waals surface area contributed by atoms with Crippen LogP contribution in [0, 0.1) is 29.6 Å². The van der Waals surface area contributed by atoms with Gasteiger partial charge in [-0.15, -0.1) is 0 Å². The molecule has 1 aromatic carbocycles. The Morgan fingerprint density at radius 3 is 2.71 bits per heavy atom. The number of halogens is 1. The molecule has 2 unspecified atom stereocenters. The number of fused-ring (bicyclic) bond motifs is 1. The van der Waals surface area contributed by atoms with Crippen molar-refractivity contribution in [2.75, 3.05) is 13.2 Å². The van der Waals surface area contributed by atoms with E-state index in [-0.39, 0.29) is 11.7 Å². The molecule has 0 radical (unpaired) electrons. The SMILES string of the molecule is C=C(O)Cc1ccc(OCC[C@@H](O)[C@H](C)[C@@H]2CC[C@@H](C)[C@@H]3CCC(C)OCC23)c(Cl)c1. The molecule has 0 aromatic heterocycles. The number of hydrogen-bond acceptors (Lipinski definition) is 4. The van der Waals surface area contributed by atoms with Crippen molar-refractivity contribution in [3.05, 3.63) is 41.1 Å². The smallest absolute Gasteiger partial charge is 0.137 e. The zero-order valence-corrected chi connectivity index (χ0v) is 20.0. The van der Waals surface area contributed by atoms with Gasteiger partial charge >= 0.3 is 0 Å². The molecule has 1 saturated carbocycles. The van der Waals surface area contributed by atoms with Gasteiger partial charge in [0.05, 0.1) is 36.2 Å². The minimum Gasteiger partial charge on any atom is -0.513 e. The quantitative estimate of drug-likeness (QED) is 0.463.